The van der Waals surface area contributed by atoms with Crippen molar-refractivity contribution in [2.45, 2.75) is 38.4 Å². The number of aromatic nitrogens is 2. The first-order valence-corrected chi connectivity index (χ1v) is 10.5. The van der Waals surface area contributed by atoms with Crippen LogP contribution in [0.2, 0.25) is 0 Å². The van der Waals surface area contributed by atoms with Crippen LogP contribution >= 0.6 is 24.0 Å². The molecule has 2 unspecified atom stereocenters. The molecule has 0 bridgehead atoms. The SMILES string of the molecule is CN=C(NCCn1cccn1)N1CCC2C(CCCN2Cc2ccccc2)C1.I. The van der Waals surface area contributed by atoms with Crippen LogP contribution in [0, 0.1) is 5.92 Å². The van der Waals surface area contributed by atoms with Gasteiger partial charge in [0.25, 0.3) is 0 Å². The van der Waals surface area contributed by atoms with E-state index in [1.165, 1.54) is 31.4 Å². The minimum absolute atomic E-state index is 0. The maximum absolute atomic E-state index is 4.54. The van der Waals surface area contributed by atoms with Gasteiger partial charge in [0.1, 0.15) is 0 Å². The molecule has 1 N–H and O–H groups in total. The number of hydrogen-bond acceptors (Lipinski definition) is 3. The summed E-state index contributed by atoms with van der Waals surface area (Å²) in [4.78, 5) is 9.71. The predicted octanol–water partition coefficient (Wildman–Crippen LogP) is 3.06. The van der Waals surface area contributed by atoms with Crippen molar-refractivity contribution in [3.8, 4) is 0 Å². The number of piperidine rings is 2. The molecule has 7 heteroatoms. The lowest BCUT2D eigenvalue weighted by atomic mass is 9.83. The Morgan fingerprint density at radius 2 is 2.03 bits per heavy atom. The molecule has 2 aromatic rings. The highest BCUT2D eigenvalue weighted by Crippen LogP contribution is 2.31. The Bertz CT molecular complexity index is 748. The average molecular weight is 508 g/mol. The van der Waals surface area contributed by atoms with Crippen molar-refractivity contribution >= 4 is 29.9 Å². The minimum Gasteiger partial charge on any atom is -0.354 e. The van der Waals surface area contributed by atoms with E-state index in [9.17, 15) is 0 Å². The molecule has 0 amide bonds. The first-order chi connectivity index (χ1) is 13.8. The van der Waals surface area contributed by atoms with E-state index in [1.807, 2.05) is 30.2 Å². The second-order valence-electron chi connectivity index (χ2n) is 7.90. The van der Waals surface area contributed by atoms with E-state index in [1.54, 1.807) is 0 Å². The van der Waals surface area contributed by atoms with E-state index in [0.717, 1.165) is 44.6 Å². The number of guanidine groups is 1. The van der Waals surface area contributed by atoms with Gasteiger partial charge in [0.05, 0.1) is 6.54 Å². The summed E-state index contributed by atoms with van der Waals surface area (Å²) in [7, 11) is 1.89. The maximum atomic E-state index is 4.54. The zero-order valence-electron chi connectivity index (χ0n) is 17.3. The summed E-state index contributed by atoms with van der Waals surface area (Å²) in [6.45, 7) is 6.20. The van der Waals surface area contributed by atoms with Crippen molar-refractivity contribution in [1.82, 2.24) is 24.9 Å². The molecule has 2 aliphatic rings. The topological polar surface area (TPSA) is 48.7 Å². The lowest BCUT2D eigenvalue weighted by Crippen LogP contribution is -2.56. The highest BCUT2D eigenvalue weighted by molar-refractivity contribution is 14.0. The summed E-state index contributed by atoms with van der Waals surface area (Å²) in [5.74, 6) is 1.77. The second kappa shape index (κ2) is 11.0. The molecule has 158 valence electrons. The van der Waals surface area contributed by atoms with Crippen molar-refractivity contribution in [3.63, 3.8) is 0 Å². The third-order valence-electron chi connectivity index (χ3n) is 6.11. The number of nitrogens with one attached hydrogen (secondary N) is 1. The van der Waals surface area contributed by atoms with Crippen molar-refractivity contribution < 1.29 is 0 Å². The van der Waals surface area contributed by atoms with Gasteiger partial charge in [-0.15, -0.1) is 24.0 Å². The summed E-state index contributed by atoms with van der Waals surface area (Å²) in [6.07, 6.45) is 7.67. The van der Waals surface area contributed by atoms with Gasteiger partial charge in [0.15, 0.2) is 5.96 Å². The monoisotopic (exact) mass is 508 g/mol. The molecular formula is C22H33IN6. The van der Waals surface area contributed by atoms with Gasteiger partial charge in [0.2, 0.25) is 0 Å². The Kier molecular flexibility index (Phi) is 8.35. The van der Waals surface area contributed by atoms with Crippen LogP contribution in [0.1, 0.15) is 24.8 Å². The fraction of sp³-hybridized carbons (Fsp3) is 0.545. The number of likely N-dealkylation sites (tertiary alicyclic amines) is 2. The Morgan fingerprint density at radius 3 is 2.79 bits per heavy atom. The Labute approximate surface area is 191 Å². The maximum Gasteiger partial charge on any atom is 0.193 e. The van der Waals surface area contributed by atoms with Gasteiger partial charge in [-0.25, -0.2) is 0 Å². The Hall–Kier alpha value is -1.61. The van der Waals surface area contributed by atoms with Gasteiger partial charge >= 0.3 is 0 Å². The average Bonchev–Trinajstić information content (AvgIpc) is 3.25. The largest absolute Gasteiger partial charge is 0.354 e. The predicted molar refractivity (Wildman–Crippen MR) is 129 cm³/mol. The first kappa shape index (κ1) is 22.1. The van der Waals surface area contributed by atoms with Gasteiger partial charge in [0, 0.05) is 51.7 Å². The van der Waals surface area contributed by atoms with E-state index >= 15 is 0 Å². The zero-order chi connectivity index (χ0) is 19.2. The minimum atomic E-state index is 0. The van der Waals surface area contributed by atoms with Gasteiger partial charge in [-0.05, 0) is 43.4 Å². The molecule has 2 atom stereocenters. The van der Waals surface area contributed by atoms with Crippen molar-refractivity contribution in [1.29, 1.82) is 0 Å². The van der Waals surface area contributed by atoms with Gasteiger partial charge in [-0.1, -0.05) is 30.3 Å². The van der Waals surface area contributed by atoms with Crippen LogP contribution in [0.25, 0.3) is 0 Å². The number of hydrogen-bond donors (Lipinski definition) is 1. The van der Waals surface area contributed by atoms with Crippen molar-refractivity contribution in [2.24, 2.45) is 10.9 Å². The van der Waals surface area contributed by atoms with Gasteiger partial charge in [-0.2, -0.15) is 5.10 Å². The first-order valence-electron chi connectivity index (χ1n) is 10.5. The molecule has 0 spiro atoms. The summed E-state index contributed by atoms with van der Waals surface area (Å²) < 4.78 is 1.95. The van der Waals surface area contributed by atoms with E-state index in [0.29, 0.717) is 6.04 Å². The third-order valence-corrected chi connectivity index (χ3v) is 6.11. The molecule has 1 aromatic heterocycles. The molecule has 6 nitrogen and oxygen atoms in total. The molecule has 0 saturated carbocycles. The Balaban J connectivity index is 0.00000240. The quantitative estimate of drug-likeness (QED) is 0.383. The highest BCUT2D eigenvalue weighted by Gasteiger charge is 2.36. The molecule has 0 radical (unpaired) electrons. The summed E-state index contributed by atoms with van der Waals surface area (Å²) in [5, 5.41) is 7.79. The van der Waals surface area contributed by atoms with Crippen LogP contribution in [0.4, 0.5) is 0 Å². The summed E-state index contributed by atoms with van der Waals surface area (Å²) in [6, 6.07) is 13.6. The summed E-state index contributed by atoms with van der Waals surface area (Å²) >= 11 is 0. The van der Waals surface area contributed by atoms with E-state index < -0.39 is 0 Å². The third kappa shape index (κ3) is 5.72. The van der Waals surface area contributed by atoms with Crippen LogP contribution in [-0.4, -0.2) is 64.8 Å². The summed E-state index contributed by atoms with van der Waals surface area (Å²) in [5.41, 5.74) is 1.43. The molecule has 2 saturated heterocycles. The lowest BCUT2D eigenvalue weighted by molar-refractivity contribution is 0.0372. The Morgan fingerprint density at radius 1 is 1.17 bits per heavy atom. The fourth-order valence-electron chi connectivity index (χ4n) is 4.76. The van der Waals surface area contributed by atoms with Crippen molar-refractivity contribution in [3.05, 3.63) is 54.4 Å². The smallest absolute Gasteiger partial charge is 0.193 e. The zero-order valence-corrected chi connectivity index (χ0v) is 19.6. The fourth-order valence-corrected chi connectivity index (χ4v) is 4.76. The standard InChI is InChI=1S/C22H32N6.HI/c1-23-22(24-12-16-28-14-6-11-25-28)27-15-10-21-20(18-27)9-5-13-26(21)17-19-7-3-2-4-8-19;/h2-4,6-8,11,14,20-21H,5,9-10,12-13,15-18H2,1H3,(H,23,24);1H. The lowest BCUT2D eigenvalue weighted by Gasteiger charge is -2.48. The number of aliphatic imine (C=N–C) groups is 1. The van der Waals surface area contributed by atoms with Crippen LogP contribution in [0.5, 0.6) is 0 Å². The van der Waals surface area contributed by atoms with E-state index in [4.69, 9.17) is 0 Å². The molecule has 2 aliphatic heterocycles. The van der Waals surface area contributed by atoms with E-state index in [2.05, 4.69) is 55.5 Å². The molecule has 29 heavy (non-hydrogen) atoms. The number of halogens is 1. The molecule has 4 rings (SSSR count). The number of benzene rings is 1. The number of fused-ring (bicyclic) bond motifs is 1. The van der Waals surface area contributed by atoms with Crippen LogP contribution in [0.3, 0.4) is 0 Å². The highest BCUT2D eigenvalue weighted by atomic mass is 127. The molecule has 3 heterocycles. The van der Waals surface area contributed by atoms with Crippen LogP contribution < -0.4 is 5.32 Å². The van der Waals surface area contributed by atoms with Gasteiger partial charge in [-0.3, -0.25) is 14.6 Å². The molecule has 1 aromatic carbocycles. The normalized spacial score (nSPS) is 22.7. The van der Waals surface area contributed by atoms with Crippen molar-refractivity contribution in [2.75, 3.05) is 33.2 Å². The molecule has 0 aliphatic carbocycles. The number of rotatable bonds is 5. The van der Waals surface area contributed by atoms with Crippen LogP contribution in [-0.2, 0) is 13.1 Å². The second-order valence-corrected chi connectivity index (χ2v) is 7.90. The molecular weight excluding hydrogens is 475 g/mol. The van der Waals surface area contributed by atoms with Crippen LogP contribution in [0.15, 0.2) is 53.8 Å². The van der Waals surface area contributed by atoms with E-state index in [-0.39, 0.29) is 24.0 Å². The number of nitrogens with zero attached hydrogens (tertiary/aromatic N) is 5. The van der Waals surface area contributed by atoms with Gasteiger partial charge < -0.3 is 10.2 Å². The molecule has 2 fully saturated rings.